The molecule has 0 spiro atoms. The van der Waals surface area contributed by atoms with E-state index in [2.05, 4.69) is 16.0 Å². The number of carbonyl (C=O) groups is 2. The van der Waals surface area contributed by atoms with Gasteiger partial charge < -0.3 is 16.0 Å². The lowest BCUT2D eigenvalue weighted by Crippen LogP contribution is -2.20. The molecule has 0 saturated carbocycles. The SMILES string of the molecule is CNC(=O)Cc1ccc(NC(=O)Nc2ccccc2Cl)cc1. The van der Waals surface area contributed by atoms with Crippen molar-refractivity contribution in [3.8, 4) is 0 Å². The lowest BCUT2D eigenvalue weighted by atomic mass is 10.1. The standard InChI is InChI=1S/C16H16ClN3O2/c1-18-15(21)10-11-6-8-12(9-7-11)19-16(22)20-14-5-3-2-4-13(14)17/h2-9H,10H2,1H3,(H,18,21)(H2,19,20,22). The second-order valence-corrected chi connectivity index (χ2v) is 5.01. The highest BCUT2D eigenvalue weighted by Gasteiger charge is 2.06. The minimum atomic E-state index is -0.382. The minimum Gasteiger partial charge on any atom is -0.359 e. The average Bonchev–Trinajstić information content (AvgIpc) is 2.51. The highest BCUT2D eigenvalue weighted by Crippen LogP contribution is 2.20. The van der Waals surface area contributed by atoms with Gasteiger partial charge >= 0.3 is 6.03 Å². The van der Waals surface area contributed by atoms with E-state index in [0.29, 0.717) is 22.8 Å². The van der Waals surface area contributed by atoms with Crippen molar-refractivity contribution in [2.45, 2.75) is 6.42 Å². The molecule has 0 heterocycles. The van der Waals surface area contributed by atoms with Gasteiger partial charge in [-0.1, -0.05) is 35.9 Å². The maximum atomic E-state index is 11.9. The smallest absolute Gasteiger partial charge is 0.323 e. The van der Waals surface area contributed by atoms with E-state index >= 15 is 0 Å². The molecular formula is C16H16ClN3O2. The molecule has 0 fully saturated rings. The fourth-order valence-electron chi connectivity index (χ4n) is 1.83. The molecule has 0 saturated heterocycles. The van der Waals surface area contributed by atoms with Gasteiger partial charge in [0, 0.05) is 12.7 Å². The molecule has 6 heteroatoms. The van der Waals surface area contributed by atoms with Crippen LogP contribution in [0.15, 0.2) is 48.5 Å². The third-order valence-corrected chi connectivity index (χ3v) is 3.31. The molecule has 2 aromatic rings. The van der Waals surface area contributed by atoms with E-state index in [1.54, 1.807) is 55.6 Å². The topological polar surface area (TPSA) is 70.2 Å². The van der Waals surface area contributed by atoms with E-state index in [-0.39, 0.29) is 11.9 Å². The van der Waals surface area contributed by atoms with Crippen molar-refractivity contribution in [2.24, 2.45) is 0 Å². The van der Waals surface area contributed by atoms with Crippen molar-refractivity contribution in [1.82, 2.24) is 5.32 Å². The van der Waals surface area contributed by atoms with Gasteiger partial charge in [-0.3, -0.25) is 4.79 Å². The molecule has 3 amide bonds. The van der Waals surface area contributed by atoms with Gasteiger partial charge in [0.05, 0.1) is 17.1 Å². The van der Waals surface area contributed by atoms with Gasteiger partial charge in [-0.25, -0.2) is 4.79 Å². The Balaban J connectivity index is 1.94. The Hall–Kier alpha value is -2.53. The summed E-state index contributed by atoms with van der Waals surface area (Å²) in [5.74, 6) is -0.0582. The predicted molar refractivity (Wildman–Crippen MR) is 88.3 cm³/mol. The number of nitrogens with one attached hydrogen (secondary N) is 3. The number of hydrogen-bond donors (Lipinski definition) is 3. The van der Waals surface area contributed by atoms with Gasteiger partial charge in [0.2, 0.25) is 5.91 Å². The summed E-state index contributed by atoms with van der Waals surface area (Å²) in [5, 5.41) is 8.40. The summed E-state index contributed by atoms with van der Waals surface area (Å²) < 4.78 is 0. The predicted octanol–water partition coefficient (Wildman–Crippen LogP) is 3.27. The molecule has 2 rings (SSSR count). The Morgan fingerprint density at radius 3 is 2.32 bits per heavy atom. The zero-order chi connectivity index (χ0) is 15.9. The fraction of sp³-hybridized carbons (Fsp3) is 0.125. The van der Waals surface area contributed by atoms with Crippen molar-refractivity contribution in [2.75, 3.05) is 17.7 Å². The number of urea groups is 1. The number of likely N-dealkylation sites (N-methyl/N-ethyl adjacent to an activating group) is 1. The zero-order valence-corrected chi connectivity index (χ0v) is 12.8. The van der Waals surface area contributed by atoms with Crippen LogP contribution in [0.5, 0.6) is 0 Å². The lowest BCUT2D eigenvalue weighted by molar-refractivity contribution is -0.119. The van der Waals surface area contributed by atoms with Crippen LogP contribution in [0.4, 0.5) is 16.2 Å². The summed E-state index contributed by atoms with van der Waals surface area (Å²) in [4.78, 5) is 23.2. The van der Waals surface area contributed by atoms with Crippen molar-refractivity contribution in [1.29, 1.82) is 0 Å². The van der Waals surface area contributed by atoms with E-state index in [1.807, 2.05) is 0 Å². The molecule has 0 aliphatic carbocycles. The molecule has 0 unspecified atom stereocenters. The number of rotatable bonds is 4. The maximum absolute atomic E-state index is 11.9. The fourth-order valence-corrected chi connectivity index (χ4v) is 2.01. The summed E-state index contributed by atoms with van der Waals surface area (Å²) in [6.07, 6.45) is 0.308. The highest BCUT2D eigenvalue weighted by molar-refractivity contribution is 6.33. The van der Waals surface area contributed by atoms with Crippen LogP contribution in [0, 0.1) is 0 Å². The van der Waals surface area contributed by atoms with Crippen molar-refractivity contribution < 1.29 is 9.59 Å². The summed E-state index contributed by atoms with van der Waals surface area (Å²) in [6.45, 7) is 0. The Morgan fingerprint density at radius 1 is 1.00 bits per heavy atom. The Kier molecular flexibility index (Phi) is 5.38. The second kappa shape index (κ2) is 7.47. The Bertz CT molecular complexity index is 671. The molecule has 114 valence electrons. The van der Waals surface area contributed by atoms with Crippen LogP contribution in [0.3, 0.4) is 0 Å². The first-order chi connectivity index (χ1) is 10.6. The van der Waals surface area contributed by atoms with Crippen LogP contribution in [-0.4, -0.2) is 19.0 Å². The van der Waals surface area contributed by atoms with Crippen LogP contribution in [0.25, 0.3) is 0 Å². The molecule has 0 radical (unpaired) electrons. The third-order valence-electron chi connectivity index (χ3n) is 2.98. The first kappa shape index (κ1) is 15.9. The highest BCUT2D eigenvalue weighted by atomic mass is 35.5. The molecule has 0 aliphatic heterocycles. The monoisotopic (exact) mass is 317 g/mol. The van der Waals surface area contributed by atoms with Gasteiger partial charge in [-0.05, 0) is 29.8 Å². The molecule has 5 nitrogen and oxygen atoms in total. The van der Waals surface area contributed by atoms with Gasteiger partial charge in [0.1, 0.15) is 0 Å². The van der Waals surface area contributed by atoms with Crippen LogP contribution < -0.4 is 16.0 Å². The van der Waals surface area contributed by atoms with Gasteiger partial charge in [-0.15, -0.1) is 0 Å². The van der Waals surface area contributed by atoms with E-state index < -0.39 is 0 Å². The quantitative estimate of drug-likeness (QED) is 0.810. The van der Waals surface area contributed by atoms with Gasteiger partial charge in [0.25, 0.3) is 0 Å². The first-order valence-electron chi connectivity index (χ1n) is 6.70. The Morgan fingerprint density at radius 2 is 1.68 bits per heavy atom. The van der Waals surface area contributed by atoms with Crippen LogP contribution in [0.2, 0.25) is 5.02 Å². The van der Waals surface area contributed by atoms with Gasteiger partial charge in [-0.2, -0.15) is 0 Å². The summed E-state index contributed by atoms with van der Waals surface area (Å²) in [7, 11) is 1.59. The summed E-state index contributed by atoms with van der Waals surface area (Å²) in [5.41, 5.74) is 2.04. The van der Waals surface area contributed by atoms with Crippen LogP contribution in [0.1, 0.15) is 5.56 Å². The largest absolute Gasteiger partial charge is 0.359 e. The molecular weight excluding hydrogens is 302 g/mol. The normalized spacial score (nSPS) is 9.91. The number of para-hydroxylation sites is 1. The number of benzene rings is 2. The number of halogens is 1. The number of carbonyl (C=O) groups excluding carboxylic acids is 2. The maximum Gasteiger partial charge on any atom is 0.323 e. The number of hydrogen-bond acceptors (Lipinski definition) is 2. The molecule has 0 aliphatic rings. The zero-order valence-electron chi connectivity index (χ0n) is 12.0. The average molecular weight is 318 g/mol. The van der Waals surface area contributed by atoms with Crippen molar-refractivity contribution in [3.05, 3.63) is 59.1 Å². The third kappa shape index (κ3) is 4.49. The number of amides is 3. The van der Waals surface area contributed by atoms with E-state index in [0.717, 1.165) is 5.56 Å². The molecule has 3 N–H and O–H groups in total. The van der Waals surface area contributed by atoms with E-state index in [4.69, 9.17) is 11.6 Å². The second-order valence-electron chi connectivity index (χ2n) is 4.61. The minimum absolute atomic E-state index is 0.0582. The van der Waals surface area contributed by atoms with Crippen molar-refractivity contribution >= 4 is 34.9 Å². The van der Waals surface area contributed by atoms with E-state index in [1.165, 1.54) is 0 Å². The summed E-state index contributed by atoms with van der Waals surface area (Å²) >= 11 is 5.97. The molecule has 0 atom stereocenters. The van der Waals surface area contributed by atoms with Crippen molar-refractivity contribution in [3.63, 3.8) is 0 Å². The molecule has 2 aromatic carbocycles. The number of anilines is 2. The molecule has 0 bridgehead atoms. The van der Waals surface area contributed by atoms with Crippen LogP contribution in [-0.2, 0) is 11.2 Å². The molecule has 0 aromatic heterocycles. The lowest BCUT2D eigenvalue weighted by Gasteiger charge is -2.09. The Labute approximate surface area is 133 Å². The first-order valence-corrected chi connectivity index (χ1v) is 7.08. The summed E-state index contributed by atoms with van der Waals surface area (Å²) in [6, 6.07) is 13.7. The molecule has 22 heavy (non-hydrogen) atoms. The van der Waals surface area contributed by atoms with Gasteiger partial charge in [0.15, 0.2) is 0 Å². The van der Waals surface area contributed by atoms with Crippen LogP contribution >= 0.6 is 11.6 Å². The van der Waals surface area contributed by atoms with E-state index in [9.17, 15) is 9.59 Å².